The van der Waals surface area contributed by atoms with Crippen molar-refractivity contribution < 1.29 is 14.6 Å². The number of likely N-dealkylation sites (tertiary alicyclic amines) is 1. The van der Waals surface area contributed by atoms with Crippen molar-refractivity contribution in [2.24, 2.45) is 5.73 Å². The van der Waals surface area contributed by atoms with Crippen molar-refractivity contribution in [3.8, 4) is 5.75 Å². The van der Waals surface area contributed by atoms with Gasteiger partial charge in [-0.15, -0.1) is 0 Å². The highest BCUT2D eigenvalue weighted by atomic mass is 16.5. The molecule has 3 N–H and O–H groups in total. The van der Waals surface area contributed by atoms with Crippen molar-refractivity contribution in [2.75, 3.05) is 33.3 Å². The fraction of sp³-hybridized carbons (Fsp3) is 0.650. The van der Waals surface area contributed by atoms with Gasteiger partial charge in [0.05, 0.1) is 18.8 Å². The largest absolute Gasteiger partial charge is 0.494 e. The molecule has 1 amide bonds. The first-order chi connectivity index (χ1) is 12.6. The minimum Gasteiger partial charge on any atom is -0.494 e. The van der Waals surface area contributed by atoms with E-state index >= 15 is 0 Å². The second kappa shape index (κ2) is 8.84. The highest BCUT2D eigenvalue weighted by Gasteiger charge is 2.42. The molecule has 0 aromatic heterocycles. The summed E-state index contributed by atoms with van der Waals surface area (Å²) in [6, 6.07) is 7.28. The van der Waals surface area contributed by atoms with Crippen molar-refractivity contribution in [1.29, 1.82) is 0 Å². The molecule has 0 spiro atoms. The smallest absolute Gasteiger partial charge is 0.253 e. The summed E-state index contributed by atoms with van der Waals surface area (Å²) < 4.78 is 5.58. The molecule has 3 rings (SSSR count). The van der Waals surface area contributed by atoms with Gasteiger partial charge in [0.1, 0.15) is 5.75 Å². The molecule has 1 heterocycles. The molecule has 6 heteroatoms. The molecule has 6 nitrogen and oxygen atoms in total. The van der Waals surface area contributed by atoms with Gasteiger partial charge in [0, 0.05) is 18.7 Å². The van der Waals surface area contributed by atoms with Gasteiger partial charge >= 0.3 is 0 Å². The lowest BCUT2D eigenvalue weighted by molar-refractivity contribution is 0.0296. The first kappa shape index (κ1) is 19.1. The van der Waals surface area contributed by atoms with E-state index in [1.54, 1.807) is 24.1 Å². The van der Waals surface area contributed by atoms with Crippen molar-refractivity contribution in [3.05, 3.63) is 29.8 Å². The van der Waals surface area contributed by atoms with Gasteiger partial charge in [-0.05, 0) is 76.0 Å². The van der Waals surface area contributed by atoms with E-state index in [2.05, 4.69) is 4.90 Å². The fourth-order valence-corrected chi connectivity index (χ4v) is 4.16. The van der Waals surface area contributed by atoms with Crippen LogP contribution in [0, 0.1) is 0 Å². The molecule has 1 aliphatic carbocycles. The predicted molar refractivity (Wildman–Crippen MR) is 101 cm³/mol. The molecule has 1 saturated carbocycles. The summed E-state index contributed by atoms with van der Waals surface area (Å²) in [5.41, 5.74) is 6.08. The summed E-state index contributed by atoms with van der Waals surface area (Å²) in [7, 11) is 1.80. The van der Waals surface area contributed by atoms with Gasteiger partial charge in [-0.3, -0.25) is 9.69 Å². The Kier molecular flexibility index (Phi) is 6.51. The molecule has 3 atom stereocenters. The molecular weight excluding hydrogens is 330 g/mol. The summed E-state index contributed by atoms with van der Waals surface area (Å²) in [5.74, 6) is 0.692. The van der Waals surface area contributed by atoms with Crippen LogP contribution in [0.15, 0.2) is 24.3 Å². The third-order valence-electron chi connectivity index (χ3n) is 5.69. The van der Waals surface area contributed by atoms with Crippen LogP contribution in [-0.4, -0.2) is 72.3 Å². The SMILES string of the molecule is CN(C(=O)c1ccc(OCCCN)cc1)[C@@H]1CC[C@@H](N2CCCC2)[C@@H]1O. The summed E-state index contributed by atoms with van der Waals surface area (Å²) in [4.78, 5) is 16.9. The van der Waals surface area contributed by atoms with Crippen molar-refractivity contribution in [1.82, 2.24) is 9.80 Å². The Balaban J connectivity index is 1.58. The van der Waals surface area contributed by atoms with Crippen LogP contribution in [0.5, 0.6) is 5.75 Å². The maximum absolute atomic E-state index is 12.8. The van der Waals surface area contributed by atoms with Crippen LogP contribution >= 0.6 is 0 Å². The lowest BCUT2D eigenvalue weighted by Gasteiger charge is -2.32. The molecule has 1 saturated heterocycles. The molecule has 2 fully saturated rings. The monoisotopic (exact) mass is 361 g/mol. The van der Waals surface area contributed by atoms with Crippen LogP contribution < -0.4 is 10.5 Å². The van der Waals surface area contributed by atoms with Crippen LogP contribution in [0.4, 0.5) is 0 Å². The quantitative estimate of drug-likeness (QED) is 0.719. The van der Waals surface area contributed by atoms with Crippen LogP contribution in [0.3, 0.4) is 0 Å². The van der Waals surface area contributed by atoms with Gasteiger partial charge in [-0.1, -0.05) is 0 Å². The molecule has 0 unspecified atom stereocenters. The Morgan fingerprint density at radius 3 is 2.62 bits per heavy atom. The molecule has 144 valence electrons. The normalized spacial score (nSPS) is 26.2. The number of likely N-dealkylation sites (N-methyl/N-ethyl adjacent to an activating group) is 1. The number of amides is 1. The average Bonchev–Trinajstić information content (AvgIpc) is 3.31. The second-order valence-corrected chi connectivity index (χ2v) is 7.38. The molecule has 26 heavy (non-hydrogen) atoms. The zero-order chi connectivity index (χ0) is 18.5. The second-order valence-electron chi connectivity index (χ2n) is 7.38. The zero-order valence-electron chi connectivity index (χ0n) is 15.6. The summed E-state index contributed by atoms with van der Waals surface area (Å²) >= 11 is 0. The van der Waals surface area contributed by atoms with Gasteiger partial charge in [-0.2, -0.15) is 0 Å². The molecule has 1 aliphatic heterocycles. The Hall–Kier alpha value is -1.63. The highest BCUT2D eigenvalue weighted by Crippen LogP contribution is 2.31. The van der Waals surface area contributed by atoms with E-state index in [-0.39, 0.29) is 18.0 Å². The Morgan fingerprint density at radius 1 is 1.27 bits per heavy atom. The van der Waals surface area contributed by atoms with Gasteiger partial charge < -0.3 is 20.5 Å². The van der Waals surface area contributed by atoms with Crippen molar-refractivity contribution >= 4 is 5.91 Å². The summed E-state index contributed by atoms with van der Waals surface area (Å²) in [6.07, 6.45) is 4.56. The van der Waals surface area contributed by atoms with Gasteiger partial charge in [0.2, 0.25) is 0 Å². The molecular formula is C20H31N3O3. The molecule has 1 aromatic rings. The van der Waals surface area contributed by atoms with E-state index < -0.39 is 6.10 Å². The summed E-state index contributed by atoms with van der Waals surface area (Å²) in [5, 5.41) is 10.8. The zero-order valence-corrected chi connectivity index (χ0v) is 15.6. The maximum atomic E-state index is 12.8. The van der Waals surface area contributed by atoms with E-state index in [0.717, 1.165) is 38.1 Å². The number of hydrogen-bond donors (Lipinski definition) is 2. The minimum absolute atomic E-state index is 0.0513. The number of carbonyl (C=O) groups is 1. The summed E-state index contributed by atoms with van der Waals surface area (Å²) in [6.45, 7) is 3.31. The lowest BCUT2D eigenvalue weighted by atomic mass is 10.1. The lowest BCUT2D eigenvalue weighted by Crippen LogP contribution is -2.48. The van der Waals surface area contributed by atoms with Gasteiger partial charge in [-0.25, -0.2) is 0 Å². The number of benzene rings is 1. The van der Waals surface area contributed by atoms with Crippen molar-refractivity contribution in [3.63, 3.8) is 0 Å². The number of carbonyl (C=O) groups excluding carboxylic acids is 1. The highest BCUT2D eigenvalue weighted by molar-refractivity contribution is 5.94. The molecule has 0 radical (unpaired) electrons. The van der Waals surface area contributed by atoms with Crippen LogP contribution in [0.2, 0.25) is 0 Å². The molecule has 2 aliphatic rings. The number of aliphatic hydroxyl groups excluding tert-OH is 1. The van der Waals surface area contributed by atoms with E-state index in [9.17, 15) is 9.90 Å². The standard InChI is InChI=1S/C20H31N3O3/c1-22(17-9-10-18(19(17)24)23-12-2-3-13-23)20(25)15-5-7-16(8-6-15)26-14-4-11-21/h5-8,17-19,24H,2-4,9-14,21H2,1H3/t17-,18-,19-/m1/s1. The van der Waals surface area contributed by atoms with Gasteiger partial charge in [0.15, 0.2) is 0 Å². The van der Waals surface area contributed by atoms with E-state index in [0.29, 0.717) is 18.7 Å². The first-order valence-corrected chi connectivity index (χ1v) is 9.74. The molecule has 0 bridgehead atoms. The Morgan fingerprint density at radius 2 is 1.96 bits per heavy atom. The number of aliphatic hydroxyl groups is 1. The number of nitrogens with zero attached hydrogens (tertiary/aromatic N) is 2. The third-order valence-corrected chi connectivity index (χ3v) is 5.69. The Labute approximate surface area is 155 Å². The fourth-order valence-electron chi connectivity index (χ4n) is 4.16. The van der Waals surface area contributed by atoms with Crippen molar-refractivity contribution in [2.45, 2.75) is 50.3 Å². The Bertz CT molecular complexity index is 586. The average molecular weight is 361 g/mol. The van der Waals surface area contributed by atoms with Crippen LogP contribution in [0.25, 0.3) is 0 Å². The topological polar surface area (TPSA) is 79.0 Å². The number of ether oxygens (including phenoxy) is 1. The van der Waals surface area contributed by atoms with E-state index in [4.69, 9.17) is 10.5 Å². The van der Waals surface area contributed by atoms with Gasteiger partial charge in [0.25, 0.3) is 5.91 Å². The first-order valence-electron chi connectivity index (χ1n) is 9.74. The molecule has 1 aromatic carbocycles. The van der Waals surface area contributed by atoms with Crippen LogP contribution in [0.1, 0.15) is 42.5 Å². The third kappa shape index (κ3) is 4.19. The minimum atomic E-state index is -0.471. The number of hydrogen-bond acceptors (Lipinski definition) is 5. The number of nitrogens with two attached hydrogens (primary N) is 1. The number of rotatable bonds is 7. The van der Waals surface area contributed by atoms with E-state index in [1.807, 2.05) is 12.1 Å². The van der Waals surface area contributed by atoms with Crippen LogP contribution in [-0.2, 0) is 0 Å². The van der Waals surface area contributed by atoms with E-state index in [1.165, 1.54) is 12.8 Å². The predicted octanol–water partition coefficient (Wildman–Crippen LogP) is 1.47. The maximum Gasteiger partial charge on any atom is 0.253 e.